The molecule has 0 atom stereocenters. The van der Waals surface area contributed by atoms with Gasteiger partial charge in [-0.15, -0.1) is 0 Å². The lowest BCUT2D eigenvalue weighted by Crippen LogP contribution is -2.14. The summed E-state index contributed by atoms with van der Waals surface area (Å²) in [6.45, 7) is 1.80. The molecule has 0 saturated carbocycles. The Kier molecular flexibility index (Phi) is 5.89. The quantitative estimate of drug-likeness (QED) is 0.279. The lowest BCUT2D eigenvalue weighted by atomic mass is 10.1. The normalized spacial score (nSPS) is 11.4. The average molecular weight is 488 g/mol. The molecule has 9 heteroatoms. The molecule has 5 aromatic rings. The van der Waals surface area contributed by atoms with E-state index in [2.05, 4.69) is 20.3 Å². The van der Waals surface area contributed by atoms with Gasteiger partial charge in [0.2, 0.25) is 5.88 Å². The molecular formula is C27H19F3N4O2. The number of amides is 1. The molecule has 3 heterocycles. The van der Waals surface area contributed by atoms with Gasteiger partial charge in [-0.25, -0.2) is 9.97 Å². The van der Waals surface area contributed by atoms with Crippen LogP contribution in [0, 0.1) is 6.92 Å². The first-order chi connectivity index (χ1) is 17.3. The van der Waals surface area contributed by atoms with E-state index < -0.39 is 17.6 Å². The molecule has 0 unspecified atom stereocenters. The maximum Gasteiger partial charge on any atom is 0.416 e. The number of H-pyrrole nitrogens is 1. The highest BCUT2D eigenvalue weighted by atomic mass is 19.4. The summed E-state index contributed by atoms with van der Waals surface area (Å²) in [6.07, 6.45) is 0.624. The van der Waals surface area contributed by atoms with Crippen molar-refractivity contribution in [2.24, 2.45) is 0 Å². The fourth-order valence-corrected chi connectivity index (χ4v) is 3.86. The van der Waals surface area contributed by atoms with Crippen LogP contribution in [0.25, 0.3) is 22.2 Å². The summed E-state index contributed by atoms with van der Waals surface area (Å²) < 4.78 is 45.1. The second kappa shape index (κ2) is 9.18. The number of carbonyl (C=O) groups excluding carboxylic acids is 1. The molecule has 0 aliphatic heterocycles. The first-order valence-corrected chi connectivity index (χ1v) is 10.9. The highest BCUT2D eigenvalue weighted by Gasteiger charge is 2.30. The van der Waals surface area contributed by atoms with Gasteiger partial charge in [0.15, 0.2) is 0 Å². The van der Waals surface area contributed by atoms with Crippen molar-refractivity contribution in [2.75, 3.05) is 5.32 Å². The summed E-state index contributed by atoms with van der Waals surface area (Å²) in [7, 11) is 0. The number of aromatic nitrogens is 3. The van der Waals surface area contributed by atoms with Crippen LogP contribution in [0.5, 0.6) is 11.6 Å². The Morgan fingerprint density at radius 3 is 2.61 bits per heavy atom. The van der Waals surface area contributed by atoms with Crippen molar-refractivity contribution in [1.82, 2.24) is 15.0 Å². The van der Waals surface area contributed by atoms with Crippen LogP contribution < -0.4 is 10.1 Å². The fraction of sp³-hybridized carbons (Fsp3) is 0.0741. The molecule has 3 aromatic heterocycles. The third kappa shape index (κ3) is 4.63. The Bertz CT molecular complexity index is 1580. The summed E-state index contributed by atoms with van der Waals surface area (Å²) in [5.74, 6) is 0.274. The monoisotopic (exact) mass is 488 g/mol. The van der Waals surface area contributed by atoms with Gasteiger partial charge in [-0.1, -0.05) is 6.07 Å². The van der Waals surface area contributed by atoms with Crippen molar-refractivity contribution in [3.8, 4) is 22.8 Å². The Morgan fingerprint density at radius 1 is 0.944 bits per heavy atom. The topological polar surface area (TPSA) is 79.9 Å². The number of carbonyl (C=O) groups is 1. The molecule has 36 heavy (non-hydrogen) atoms. The minimum Gasteiger partial charge on any atom is -0.438 e. The Balaban J connectivity index is 1.38. The van der Waals surface area contributed by atoms with E-state index in [-0.39, 0.29) is 5.56 Å². The smallest absolute Gasteiger partial charge is 0.416 e. The third-order valence-corrected chi connectivity index (χ3v) is 5.61. The van der Waals surface area contributed by atoms with Crippen LogP contribution in [0.4, 0.5) is 18.9 Å². The number of aromatic amines is 1. The van der Waals surface area contributed by atoms with Crippen molar-refractivity contribution in [3.05, 3.63) is 102 Å². The van der Waals surface area contributed by atoms with Crippen molar-refractivity contribution in [3.63, 3.8) is 0 Å². The van der Waals surface area contributed by atoms with Gasteiger partial charge in [-0.3, -0.25) is 4.79 Å². The first-order valence-electron chi connectivity index (χ1n) is 10.9. The predicted octanol–water partition coefficient (Wildman–Crippen LogP) is 7.00. The SMILES string of the molecule is Cc1cc(NC(=O)c2cccc(C(F)(F)F)c2)ccc1Oc1ncccc1-c1ccnc2[nH]ccc12. The molecule has 2 aromatic carbocycles. The van der Waals surface area contributed by atoms with Crippen LogP contribution in [0.15, 0.2) is 85.3 Å². The molecule has 0 aliphatic rings. The number of alkyl halides is 3. The zero-order valence-electron chi connectivity index (χ0n) is 18.9. The maximum absolute atomic E-state index is 13.0. The predicted molar refractivity (Wildman–Crippen MR) is 130 cm³/mol. The molecule has 0 radical (unpaired) electrons. The zero-order valence-corrected chi connectivity index (χ0v) is 18.9. The number of fused-ring (bicyclic) bond motifs is 1. The second-order valence-corrected chi connectivity index (χ2v) is 8.07. The van der Waals surface area contributed by atoms with Gasteiger partial charge in [0.25, 0.3) is 5.91 Å². The molecule has 5 rings (SSSR count). The van der Waals surface area contributed by atoms with Gasteiger partial charge in [-0.2, -0.15) is 13.2 Å². The minimum absolute atomic E-state index is 0.0886. The standard InChI is InChI=1S/C27H19F3N4O2/c1-16-14-19(34-25(35)17-4-2-5-18(15-17)27(28,29)30)7-8-23(16)36-26-22(6-3-11-33-26)20-9-12-31-24-21(20)10-13-32-24/h2-15H,1H3,(H,31,32)(H,34,35). The Morgan fingerprint density at radius 2 is 1.81 bits per heavy atom. The van der Waals surface area contributed by atoms with E-state index in [4.69, 9.17) is 4.74 Å². The number of nitrogens with one attached hydrogen (secondary N) is 2. The van der Waals surface area contributed by atoms with E-state index in [1.807, 2.05) is 30.5 Å². The number of nitrogens with zero attached hydrogens (tertiary/aromatic N) is 2. The van der Waals surface area contributed by atoms with Crippen molar-refractivity contribution in [1.29, 1.82) is 0 Å². The summed E-state index contributed by atoms with van der Waals surface area (Å²) in [5, 5.41) is 3.57. The van der Waals surface area contributed by atoms with Crippen LogP contribution in [-0.2, 0) is 6.18 Å². The van der Waals surface area contributed by atoms with Crippen molar-refractivity contribution >= 4 is 22.6 Å². The van der Waals surface area contributed by atoms with Crippen LogP contribution in [0.3, 0.4) is 0 Å². The number of aryl methyl sites for hydroxylation is 1. The van der Waals surface area contributed by atoms with Gasteiger partial charge < -0.3 is 15.0 Å². The average Bonchev–Trinajstić information content (AvgIpc) is 3.35. The van der Waals surface area contributed by atoms with E-state index in [0.717, 1.165) is 34.3 Å². The van der Waals surface area contributed by atoms with Crippen LogP contribution in [0.2, 0.25) is 0 Å². The van der Waals surface area contributed by atoms with E-state index in [1.54, 1.807) is 37.5 Å². The van der Waals surface area contributed by atoms with Gasteiger partial charge in [0.1, 0.15) is 11.4 Å². The molecule has 2 N–H and O–H groups in total. The first kappa shape index (κ1) is 23.1. The molecule has 6 nitrogen and oxygen atoms in total. The minimum atomic E-state index is -4.53. The van der Waals surface area contributed by atoms with Crippen LogP contribution in [-0.4, -0.2) is 20.9 Å². The van der Waals surface area contributed by atoms with Gasteiger partial charge >= 0.3 is 6.18 Å². The van der Waals surface area contributed by atoms with E-state index in [0.29, 0.717) is 22.9 Å². The number of ether oxygens (including phenoxy) is 1. The third-order valence-electron chi connectivity index (χ3n) is 5.61. The summed E-state index contributed by atoms with van der Waals surface area (Å²) in [4.78, 5) is 24.4. The number of hydrogen-bond acceptors (Lipinski definition) is 4. The number of benzene rings is 2. The van der Waals surface area contributed by atoms with Crippen LogP contribution in [0.1, 0.15) is 21.5 Å². The van der Waals surface area contributed by atoms with Crippen molar-refractivity contribution < 1.29 is 22.7 Å². The molecule has 0 aliphatic carbocycles. The largest absolute Gasteiger partial charge is 0.438 e. The number of halogens is 3. The Hall–Kier alpha value is -4.66. The molecule has 1 amide bonds. The molecular weight excluding hydrogens is 469 g/mol. The van der Waals surface area contributed by atoms with Crippen LogP contribution >= 0.6 is 0 Å². The molecule has 0 fully saturated rings. The number of anilines is 1. The highest BCUT2D eigenvalue weighted by molar-refractivity contribution is 6.04. The van der Waals surface area contributed by atoms with E-state index in [9.17, 15) is 18.0 Å². The lowest BCUT2D eigenvalue weighted by Gasteiger charge is -2.14. The maximum atomic E-state index is 13.0. The van der Waals surface area contributed by atoms with E-state index in [1.165, 1.54) is 12.1 Å². The van der Waals surface area contributed by atoms with Gasteiger partial charge in [0.05, 0.1) is 5.56 Å². The molecule has 0 bridgehead atoms. The Labute approximate surface area is 203 Å². The number of hydrogen-bond donors (Lipinski definition) is 2. The summed E-state index contributed by atoms with van der Waals surface area (Å²) >= 11 is 0. The molecule has 0 saturated heterocycles. The number of rotatable bonds is 5. The highest BCUT2D eigenvalue weighted by Crippen LogP contribution is 2.36. The lowest BCUT2D eigenvalue weighted by molar-refractivity contribution is -0.137. The van der Waals surface area contributed by atoms with Gasteiger partial charge in [0, 0.05) is 40.8 Å². The number of pyridine rings is 2. The molecule has 0 spiro atoms. The fourth-order valence-electron chi connectivity index (χ4n) is 3.86. The summed E-state index contributed by atoms with van der Waals surface area (Å²) in [6, 6.07) is 16.8. The van der Waals surface area contributed by atoms with E-state index >= 15 is 0 Å². The molecule has 180 valence electrons. The van der Waals surface area contributed by atoms with Crippen molar-refractivity contribution in [2.45, 2.75) is 13.1 Å². The second-order valence-electron chi connectivity index (χ2n) is 8.07. The zero-order chi connectivity index (χ0) is 25.3. The summed E-state index contributed by atoms with van der Waals surface area (Å²) in [5.41, 5.74) is 2.60. The van der Waals surface area contributed by atoms with Gasteiger partial charge in [-0.05, 0) is 78.7 Å².